The van der Waals surface area contributed by atoms with Gasteiger partial charge in [0.05, 0.1) is 0 Å². The molecule has 2 N–H and O–H groups in total. The highest BCUT2D eigenvalue weighted by atomic mass is 14.7. The maximum atomic E-state index is 5.73. The first-order chi connectivity index (χ1) is 9.26. The fourth-order valence-electron chi connectivity index (χ4n) is 2.32. The molecule has 19 heavy (non-hydrogen) atoms. The number of nitrogens with zero attached hydrogens (tertiary/aromatic N) is 2. The van der Waals surface area contributed by atoms with Crippen LogP contribution in [0.2, 0.25) is 0 Å². The number of hydrogen-bond acceptors (Lipinski definition) is 3. The summed E-state index contributed by atoms with van der Waals surface area (Å²) >= 11 is 0. The third kappa shape index (κ3) is 3.11. The Kier molecular flexibility index (Phi) is 4.50. The van der Waals surface area contributed by atoms with E-state index in [1.54, 1.807) is 6.20 Å². The first-order valence-corrected chi connectivity index (χ1v) is 6.78. The fraction of sp³-hybridized carbons (Fsp3) is 0.375. The first kappa shape index (κ1) is 13.5. The molecule has 100 valence electrons. The van der Waals surface area contributed by atoms with Gasteiger partial charge in [-0.05, 0) is 30.6 Å². The van der Waals surface area contributed by atoms with E-state index in [1.807, 2.05) is 12.4 Å². The van der Waals surface area contributed by atoms with Crippen LogP contribution in [0, 0.1) is 5.92 Å². The lowest BCUT2D eigenvalue weighted by Gasteiger charge is -2.25. The predicted octanol–water partition coefficient (Wildman–Crippen LogP) is 2.82. The van der Waals surface area contributed by atoms with Crippen LogP contribution in [0.3, 0.4) is 0 Å². The second kappa shape index (κ2) is 6.32. The number of nitrogens with two attached hydrogens (primary N) is 1. The summed E-state index contributed by atoms with van der Waals surface area (Å²) in [7, 11) is 0. The molecule has 0 radical (unpaired) electrons. The standard InChI is InChI=1S/C16H21N3/c1-3-5-18-10-15(9-17)14-7-12(2)16-11-19-6-4-13(16)8-14/h4,6-10,16H,3,5,11,17H2,1-2H3. The van der Waals surface area contributed by atoms with Crippen molar-refractivity contribution in [2.45, 2.75) is 20.3 Å². The molecule has 1 aliphatic heterocycles. The van der Waals surface area contributed by atoms with Crippen LogP contribution < -0.4 is 5.73 Å². The molecular formula is C16H21N3. The molecule has 2 aliphatic rings. The fourth-order valence-corrected chi connectivity index (χ4v) is 2.32. The van der Waals surface area contributed by atoms with Gasteiger partial charge in [-0.3, -0.25) is 9.98 Å². The van der Waals surface area contributed by atoms with E-state index in [0.29, 0.717) is 5.92 Å². The van der Waals surface area contributed by atoms with Crippen molar-refractivity contribution < 1.29 is 0 Å². The Hall–Kier alpha value is -1.90. The number of aliphatic imine (C=N–C) groups is 2. The van der Waals surface area contributed by atoms with E-state index in [4.69, 9.17) is 5.73 Å². The highest BCUT2D eigenvalue weighted by Crippen LogP contribution is 2.32. The molecule has 1 atom stereocenters. The van der Waals surface area contributed by atoms with Gasteiger partial charge in [-0.1, -0.05) is 24.6 Å². The zero-order valence-electron chi connectivity index (χ0n) is 11.6. The normalized spacial score (nSPS) is 22.9. The monoisotopic (exact) mass is 255 g/mol. The van der Waals surface area contributed by atoms with Crippen molar-refractivity contribution in [3.05, 3.63) is 46.7 Å². The summed E-state index contributed by atoms with van der Waals surface area (Å²) in [6, 6.07) is 0. The molecule has 0 aromatic carbocycles. The lowest BCUT2D eigenvalue weighted by atomic mass is 9.82. The van der Waals surface area contributed by atoms with Gasteiger partial charge in [0.25, 0.3) is 0 Å². The second-order valence-electron chi connectivity index (χ2n) is 4.88. The Balaban J connectivity index is 2.26. The van der Waals surface area contributed by atoms with Crippen molar-refractivity contribution in [2.75, 3.05) is 13.1 Å². The van der Waals surface area contributed by atoms with E-state index in [-0.39, 0.29) is 0 Å². The van der Waals surface area contributed by atoms with Crippen LogP contribution in [0.4, 0.5) is 0 Å². The summed E-state index contributed by atoms with van der Waals surface area (Å²) in [6.45, 7) is 5.96. The summed E-state index contributed by atoms with van der Waals surface area (Å²) in [6.07, 6.45) is 12.9. The summed E-state index contributed by atoms with van der Waals surface area (Å²) < 4.78 is 0. The lowest BCUT2D eigenvalue weighted by Crippen LogP contribution is -2.16. The van der Waals surface area contributed by atoms with E-state index in [9.17, 15) is 0 Å². The molecule has 3 nitrogen and oxygen atoms in total. The van der Waals surface area contributed by atoms with Gasteiger partial charge in [0.2, 0.25) is 0 Å². The first-order valence-electron chi connectivity index (χ1n) is 6.78. The molecule has 0 saturated carbocycles. The van der Waals surface area contributed by atoms with E-state index >= 15 is 0 Å². The van der Waals surface area contributed by atoms with Gasteiger partial charge in [0.1, 0.15) is 0 Å². The minimum atomic E-state index is 0.431. The van der Waals surface area contributed by atoms with Crippen molar-refractivity contribution in [1.29, 1.82) is 0 Å². The molecule has 0 fully saturated rings. The van der Waals surface area contributed by atoms with Crippen LogP contribution in [-0.2, 0) is 0 Å². The van der Waals surface area contributed by atoms with Crippen molar-refractivity contribution in [3.8, 4) is 0 Å². The number of rotatable bonds is 4. The van der Waals surface area contributed by atoms with Crippen LogP contribution in [0.15, 0.2) is 56.7 Å². The zero-order chi connectivity index (χ0) is 13.7. The summed E-state index contributed by atoms with van der Waals surface area (Å²) in [5, 5.41) is 0. The van der Waals surface area contributed by atoms with Gasteiger partial charge < -0.3 is 5.73 Å². The molecule has 3 heteroatoms. The lowest BCUT2D eigenvalue weighted by molar-refractivity contribution is 0.727. The smallest absolute Gasteiger partial charge is 0.0495 e. The van der Waals surface area contributed by atoms with Gasteiger partial charge in [0.15, 0.2) is 0 Å². The predicted molar refractivity (Wildman–Crippen MR) is 82.7 cm³/mol. The Morgan fingerprint density at radius 2 is 2.37 bits per heavy atom. The highest BCUT2D eigenvalue weighted by Gasteiger charge is 2.21. The van der Waals surface area contributed by atoms with Crippen LogP contribution in [0.25, 0.3) is 0 Å². The summed E-state index contributed by atoms with van der Waals surface area (Å²) in [5.74, 6) is 0.431. The van der Waals surface area contributed by atoms with Gasteiger partial charge in [-0.2, -0.15) is 0 Å². The van der Waals surface area contributed by atoms with Crippen LogP contribution >= 0.6 is 0 Å². The zero-order valence-corrected chi connectivity index (χ0v) is 11.6. The average Bonchev–Trinajstić information content (AvgIpc) is 2.44. The van der Waals surface area contributed by atoms with Gasteiger partial charge in [-0.15, -0.1) is 0 Å². The van der Waals surface area contributed by atoms with Crippen LogP contribution in [-0.4, -0.2) is 25.5 Å². The SMILES string of the molecule is CCCN=CC(=CN)C1=CC2=CC=NCC2C(C)=C1. The molecule has 1 aliphatic carbocycles. The van der Waals surface area contributed by atoms with E-state index < -0.39 is 0 Å². The Labute approximate surface area is 115 Å². The van der Waals surface area contributed by atoms with Gasteiger partial charge in [0, 0.05) is 43.2 Å². The van der Waals surface area contributed by atoms with Crippen molar-refractivity contribution >= 4 is 12.4 Å². The number of allylic oxidation sites excluding steroid dienone is 5. The van der Waals surface area contributed by atoms with E-state index in [2.05, 4.69) is 42.1 Å². The molecule has 1 unspecified atom stereocenters. The van der Waals surface area contributed by atoms with Crippen molar-refractivity contribution in [2.24, 2.45) is 21.6 Å². The molecule has 1 heterocycles. The number of dihydropyridines is 1. The Morgan fingerprint density at radius 3 is 3.11 bits per heavy atom. The minimum absolute atomic E-state index is 0.431. The maximum absolute atomic E-state index is 5.73. The molecule has 2 rings (SSSR count). The summed E-state index contributed by atoms with van der Waals surface area (Å²) in [4.78, 5) is 8.70. The molecule has 0 amide bonds. The van der Waals surface area contributed by atoms with Gasteiger partial charge >= 0.3 is 0 Å². The maximum Gasteiger partial charge on any atom is 0.0495 e. The third-order valence-electron chi connectivity index (χ3n) is 3.41. The van der Waals surface area contributed by atoms with E-state index in [0.717, 1.165) is 30.7 Å². The Bertz CT molecular complexity index is 516. The molecule has 0 saturated heterocycles. The Morgan fingerprint density at radius 1 is 1.53 bits per heavy atom. The second-order valence-corrected chi connectivity index (χ2v) is 4.88. The average molecular weight is 255 g/mol. The van der Waals surface area contributed by atoms with Crippen LogP contribution in [0.1, 0.15) is 20.3 Å². The third-order valence-corrected chi connectivity index (χ3v) is 3.41. The molecular weight excluding hydrogens is 234 g/mol. The molecule has 0 spiro atoms. The topological polar surface area (TPSA) is 50.7 Å². The molecule has 0 bridgehead atoms. The minimum Gasteiger partial charge on any atom is -0.404 e. The molecule has 0 aromatic heterocycles. The van der Waals surface area contributed by atoms with Crippen molar-refractivity contribution in [1.82, 2.24) is 0 Å². The molecule has 0 aromatic rings. The van der Waals surface area contributed by atoms with Crippen molar-refractivity contribution in [3.63, 3.8) is 0 Å². The largest absolute Gasteiger partial charge is 0.404 e. The van der Waals surface area contributed by atoms with Gasteiger partial charge in [-0.25, -0.2) is 0 Å². The number of fused-ring (bicyclic) bond motifs is 1. The quantitative estimate of drug-likeness (QED) is 0.772. The number of hydrogen-bond donors (Lipinski definition) is 1. The highest BCUT2D eigenvalue weighted by molar-refractivity contribution is 5.87. The summed E-state index contributed by atoms with van der Waals surface area (Å²) in [5.41, 5.74) is 10.5. The van der Waals surface area contributed by atoms with Crippen LogP contribution in [0.5, 0.6) is 0 Å². The van der Waals surface area contributed by atoms with E-state index in [1.165, 1.54) is 11.1 Å².